The second kappa shape index (κ2) is 67.6. The molecule has 8 saturated carbocycles. The molecule has 0 aliphatic heterocycles. The van der Waals surface area contributed by atoms with Crippen molar-refractivity contribution >= 4 is 35.8 Å². The first kappa shape index (κ1) is 131. The van der Waals surface area contributed by atoms with Crippen LogP contribution < -0.4 is 0 Å². The maximum Gasteiger partial charge on any atom is 0.309 e. The van der Waals surface area contributed by atoms with Gasteiger partial charge < -0.3 is 28.4 Å². The van der Waals surface area contributed by atoms with Crippen LogP contribution in [0.4, 0.5) is 0 Å². The van der Waals surface area contributed by atoms with E-state index >= 15 is 0 Å². The lowest BCUT2D eigenvalue weighted by Gasteiger charge is -2.47. The summed E-state index contributed by atoms with van der Waals surface area (Å²) in [5.74, 6) is 1.69. The van der Waals surface area contributed by atoms with Gasteiger partial charge in [-0.3, -0.25) is 28.8 Å². The Kier molecular flexibility index (Phi) is 78.1. The maximum atomic E-state index is 12.3. The zero-order chi connectivity index (χ0) is 75.2. The van der Waals surface area contributed by atoms with Crippen LogP contribution in [0.3, 0.4) is 0 Å². The van der Waals surface area contributed by atoms with Crippen LogP contribution in [0.15, 0.2) is 0 Å². The highest BCUT2D eigenvalue weighted by Crippen LogP contribution is 2.49. The van der Waals surface area contributed by atoms with Crippen molar-refractivity contribution in [3.63, 3.8) is 0 Å². The molecule has 8 fully saturated rings. The van der Waals surface area contributed by atoms with E-state index in [0.29, 0.717) is 11.8 Å². The molecule has 8 aliphatic carbocycles. The zero-order valence-corrected chi connectivity index (χ0v) is 69.4. The Bertz CT molecular complexity index is 2210. The van der Waals surface area contributed by atoms with E-state index in [1.807, 2.05) is 69.2 Å². The van der Waals surface area contributed by atoms with E-state index in [4.69, 9.17) is 28.4 Å². The van der Waals surface area contributed by atoms with Crippen molar-refractivity contribution in [1.29, 1.82) is 0 Å². The molecule has 0 bridgehead atoms. The predicted molar refractivity (Wildman–Crippen MR) is 497 cm³/mol. The van der Waals surface area contributed by atoms with E-state index in [1.54, 1.807) is 0 Å². The standard InChI is InChI=1S/C17H30O2.C16H28O2.C15H28O2.2C14H26O2.C13H24O2.12CH4/c1-3-14(2)16(18)19-17(12-8-5-9-13-17)15-10-6-4-7-11-15;1-3-13(2)15(17)18-16(11-7-4-8-12-16)14-9-5-6-10-14;1-6-12(2)13(16)17-15(14(3,4)5)10-8-7-9-11-15;2*1-4-9-14(10-7-6-8-11-14)16-13(15)12(3)5-2;1-4-11(3)12(14)15-13(5-2)9-7-6-8-10-13;;;;;;;;;;;;/h14-15H,3-13H2,1-2H3;13-14H,3-12H2,1-2H3;12H,6-11H2,1-5H3;2*12H,4-11H2,1-3H3;11H,4-10H2,1-3H3;12*1H4. The molecule has 6 atom stereocenters. The van der Waals surface area contributed by atoms with E-state index in [2.05, 4.69) is 55.4 Å². The average Bonchev–Trinajstić information content (AvgIpc) is 1.17. The van der Waals surface area contributed by atoms with Gasteiger partial charge in [-0.25, -0.2) is 0 Å². The van der Waals surface area contributed by atoms with Crippen molar-refractivity contribution in [3.8, 4) is 0 Å². The number of ether oxygens (including phenoxy) is 6. The van der Waals surface area contributed by atoms with Crippen LogP contribution in [-0.4, -0.2) is 69.4 Å². The van der Waals surface area contributed by atoms with Crippen molar-refractivity contribution in [2.24, 2.45) is 52.8 Å². The Balaban J connectivity index is -0.000000138. The molecule has 8 aliphatic rings. The minimum atomic E-state index is -0.230. The monoisotopic (exact) mass is 1620 g/mol. The van der Waals surface area contributed by atoms with Gasteiger partial charge in [0, 0.05) is 5.41 Å². The van der Waals surface area contributed by atoms with Crippen LogP contribution in [0.25, 0.3) is 0 Å². The van der Waals surface area contributed by atoms with Gasteiger partial charge in [0.1, 0.15) is 33.6 Å². The predicted octanol–water partition coefficient (Wildman–Crippen LogP) is 33.1. The number of carbonyl (C=O) groups is 6. The Morgan fingerprint density at radius 2 is 0.460 bits per heavy atom. The first-order valence-electron chi connectivity index (χ1n) is 43.4. The third-order valence-electron chi connectivity index (χ3n) is 26.2. The molecule has 0 aromatic carbocycles. The van der Waals surface area contributed by atoms with Crippen LogP contribution in [-0.2, 0) is 57.2 Å². The Hall–Kier alpha value is -3.18. The minimum absolute atomic E-state index is 0. The molecular formula is C101H210O12. The molecule has 8 rings (SSSR count). The van der Waals surface area contributed by atoms with Gasteiger partial charge in [-0.2, -0.15) is 0 Å². The summed E-state index contributed by atoms with van der Waals surface area (Å²) in [7, 11) is 0. The number of hydrogen-bond acceptors (Lipinski definition) is 12. The van der Waals surface area contributed by atoms with Crippen molar-refractivity contribution in [2.45, 2.75) is 568 Å². The van der Waals surface area contributed by atoms with Crippen molar-refractivity contribution in [3.05, 3.63) is 0 Å². The maximum absolute atomic E-state index is 12.3. The summed E-state index contributed by atoms with van der Waals surface area (Å²) in [5, 5.41) is 0. The van der Waals surface area contributed by atoms with Gasteiger partial charge in [0.2, 0.25) is 0 Å². The Morgan fingerprint density at radius 3 is 0.690 bits per heavy atom. The third kappa shape index (κ3) is 43.1. The molecule has 0 amide bonds. The lowest BCUT2D eigenvalue weighted by molar-refractivity contribution is -0.184. The zero-order valence-electron chi connectivity index (χ0n) is 69.4. The fourth-order valence-corrected chi connectivity index (χ4v) is 17.4. The fraction of sp³-hybridized carbons (Fsp3) is 0.941. The molecule has 0 spiro atoms. The van der Waals surface area contributed by atoms with Crippen molar-refractivity contribution in [2.75, 3.05) is 0 Å². The highest BCUT2D eigenvalue weighted by atomic mass is 16.6. The van der Waals surface area contributed by atoms with Crippen molar-refractivity contribution < 1.29 is 57.2 Å². The molecule has 6 unspecified atom stereocenters. The minimum Gasteiger partial charge on any atom is -0.459 e. The molecule has 0 radical (unpaired) electrons. The second-order valence-corrected chi connectivity index (χ2v) is 34.8. The summed E-state index contributed by atoms with van der Waals surface area (Å²) in [5.41, 5.74) is -0.740. The number of carbonyl (C=O) groups excluding carboxylic acids is 6. The van der Waals surface area contributed by atoms with E-state index in [1.165, 1.54) is 173 Å². The molecule has 0 saturated heterocycles. The molecule has 12 nitrogen and oxygen atoms in total. The number of rotatable bonds is 25. The van der Waals surface area contributed by atoms with Crippen molar-refractivity contribution in [1.82, 2.24) is 0 Å². The molecule has 12 heteroatoms. The summed E-state index contributed by atoms with van der Waals surface area (Å²) in [6.45, 7) is 37.2. The Morgan fingerprint density at radius 1 is 0.265 bits per heavy atom. The van der Waals surface area contributed by atoms with Crippen LogP contribution in [0.2, 0.25) is 0 Å². The molecule has 113 heavy (non-hydrogen) atoms. The second-order valence-electron chi connectivity index (χ2n) is 34.8. The molecule has 686 valence electrons. The highest BCUT2D eigenvalue weighted by Gasteiger charge is 2.48. The van der Waals surface area contributed by atoms with Gasteiger partial charge in [0.05, 0.1) is 35.5 Å². The van der Waals surface area contributed by atoms with Gasteiger partial charge in [-0.15, -0.1) is 0 Å². The third-order valence-corrected chi connectivity index (χ3v) is 26.2. The van der Waals surface area contributed by atoms with E-state index in [9.17, 15) is 28.8 Å². The summed E-state index contributed by atoms with van der Waals surface area (Å²) in [6.07, 6.45) is 57.6. The van der Waals surface area contributed by atoms with Crippen LogP contribution >= 0.6 is 0 Å². The molecular weight excluding hydrogens is 1410 g/mol. The fourth-order valence-electron chi connectivity index (χ4n) is 17.4. The number of esters is 6. The summed E-state index contributed by atoms with van der Waals surface area (Å²) >= 11 is 0. The smallest absolute Gasteiger partial charge is 0.309 e. The largest absolute Gasteiger partial charge is 0.459 e. The van der Waals surface area contributed by atoms with Gasteiger partial charge in [0.15, 0.2) is 0 Å². The number of hydrogen-bond donors (Lipinski definition) is 0. The van der Waals surface area contributed by atoms with Gasteiger partial charge in [-0.1, -0.05) is 297 Å². The van der Waals surface area contributed by atoms with E-state index in [0.717, 1.165) is 148 Å². The van der Waals surface area contributed by atoms with E-state index < -0.39 is 0 Å². The lowest BCUT2D eigenvalue weighted by atomic mass is 9.68. The molecule has 0 N–H and O–H groups in total. The van der Waals surface area contributed by atoms with Crippen LogP contribution in [0, 0.1) is 52.8 Å². The Labute approximate surface area is 710 Å². The first-order chi connectivity index (χ1) is 48.1. The highest BCUT2D eigenvalue weighted by molar-refractivity contribution is 5.74. The summed E-state index contributed by atoms with van der Waals surface area (Å²) in [4.78, 5) is 72.1. The first-order valence-corrected chi connectivity index (χ1v) is 43.4. The normalized spacial score (nSPS) is 20.8. The topological polar surface area (TPSA) is 158 Å². The molecule has 0 aromatic rings. The quantitative estimate of drug-likeness (QED) is 0.0630. The van der Waals surface area contributed by atoms with E-state index in [-0.39, 0.29) is 199 Å². The summed E-state index contributed by atoms with van der Waals surface area (Å²) in [6, 6.07) is 0. The van der Waals surface area contributed by atoms with Gasteiger partial charge >= 0.3 is 35.8 Å². The molecule has 0 heterocycles. The average molecular weight is 1620 g/mol. The van der Waals surface area contributed by atoms with Crippen LogP contribution in [0.1, 0.15) is 535 Å². The van der Waals surface area contributed by atoms with Gasteiger partial charge in [0.25, 0.3) is 0 Å². The lowest BCUT2D eigenvalue weighted by Crippen LogP contribution is -2.49. The summed E-state index contributed by atoms with van der Waals surface area (Å²) < 4.78 is 35.6. The van der Waals surface area contributed by atoms with Crippen LogP contribution in [0.5, 0.6) is 0 Å². The molecule has 0 aromatic heterocycles. The van der Waals surface area contributed by atoms with Gasteiger partial charge in [-0.05, 0) is 249 Å². The SMILES string of the molecule is C.C.C.C.C.C.C.C.C.C.C.C.CCC(C)C(=O)OC1(C(C)(C)C)CCCCC1.CCC(C)C(=O)OC1(C2CCCC2)CCCCC1.CCC(C)C(=O)OC1(C2CCCCC2)CCCCC1.CCC(C)C(=O)OC1(CC)CCCCC1.CCCC1(OC(=O)C(C)CC)CCCCC1.CCCC1(OC(=O)C(C)CC)CCCCC1.